The smallest absolute Gasteiger partial charge is 0.406 e. The molecule has 1 heterocycles. The molecule has 1 aliphatic rings. The lowest BCUT2D eigenvalue weighted by molar-refractivity contribution is -0.157. The Morgan fingerprint density at radius 1 is 1.19 bits per heavy atom. The fourth-order valence-corrected chi connectivity index (χ4v) is 2.57. The average Bonchev–Trinajstić information content (AvgIpc) is 2.60. The molecule has 1 aliphatic heterocycles. The van der Waals surface area contributed by atoms with Crippen LogP contribution in [0.2, 0.25) is 0 Å². The average molecular weight is 388 g/mol. The third-order valence-corrected chi connectivity index (χ3v) is 3.84. The summed E-state index contributed by atoms with van der Waals surface area (Å²) in [5.74, 6) is 1.06. The molecule has 0 aromatic heterocycles. The maximum atomic E-state index is 12.4. The lowest BCUT2D eigenvalue weighted by Gasteiger charge is -2.25. The zero-order chi connectivity index (χ0) is 20.0. The van der Waals surface area contributed by atoms with Crippen molar-refractivity contribution in [3.8, 4) is 11.5 Å². The molecule has 150 valence electrons. The van der Waals surface area contributed by atoms with Crippen LogP contribution in [0, 0.1) is 0 Å². The van der Waals surface area contributed by atoms with E-state index in [-0.39, 0.29) is 6.54 Å². The molecule has 0 fully saturated rings. The summed E-state index contributed by atoms with van der Waals surface area (Å²) < 4.78 is 48.1. The molecule has 1 aromatic rings. The lowest BCUT2D eigenvalue weighted by Crippen LogP contribution is -2.45. The Bertz CT molecular complexity index is 694. The summed E-state index contributed by atoms with van der Waals surface area (Å²) in [7, 11) is 4.40. The third-order valence-electron chi connectivity index (χ3n) is 3.84. The minimum atomic E-state index is -4.43. The molecule has 0 atom stereocenters. The van der Waals surface area contributed by atoms with Crippen molar-refractivity contribution < 1.29 is 27.4 Å². The van der Waals surface area contributed by atoms with E-state index in [0.29, 0.717) is 42.1 Å². The minimum Gasteiger partial charge on any atom is -0.486 e. The number of hydrogen-bond acceptors (Lipinski definition) is 4. The number of hydrogen-bond donors (Lipinski definition) is 1. The van der Waals surface area contributed by atoms with Crippen molar-refractivity contribution >= 4 is 11.9 Å². The molecular weight excluding hydrogens is 365 g/mol. The molecular formula is C17H23F3N4O3. The fourth-order valence-electron chi connectivity index (χ4n) is 2.57. The summed E-state index contributed by atoms with van der Waals surface area (Å²) in [6.45, 7) is -0.116. The van der Waals surface area contributed by atoms with Crippen molar-refractivity contribution in [2.75, 3.05) is 47.4 Å². The van der Waals surface area contributed by atoms with Gasteiger partial charge in [-0.2, -0.15) is 13.2 Å². The van der Waals surface area contributed by atoms with Crippen LogP contribution >= 0.6 is 0 Å². The van der Waals surface area contributed by atoms with Gasteiger partial charge in [0.15, 0.2) is 17.5 Å². The van der Waals surface area contributed by atoms with Gasteiger partial charge in [0.1, 0.15) is 19.8 Å². The number of halogens is 3. The predicted octanol–water partition coefficient (Wildman–Crippen LogP) is 1.49. The second kappa shape index (κ2) is 8.83. The molecule has 0 aliphatic carbocycles. The molecule has 0 spiro atoms. The molecule has 0 saturated carbocycles. The first-order valence-electron chi connectivity index (χ1n) is 8.30. The number of alkyl halides is 3. The number of ether oxygens (including phenoxy) is 2. The number of fused-ring (bicyclic) bond motifs is 1. The summed E-state index contributed by atoms with van der Waals surface area (Å²) in [6, 6.07) is 5.57. The van der Waals surface area contributed by atoms with E-state index < -0.39 is 18.6 Å². The first-order valence-corrected chi connectivity index (χ1v) is 8.30. The van der Waals surface area contributed by atoms with Gasteiger partial charge in [-0.05, 0) is 17.7 Å². The zero-order valence-electron chi connectivity index (χ0n) is 15.5. The minimum absolute atomic E-state index is 0.287. The first kappa shape index (κ1) is 20.7. The highest BCUT2D eigenvalue weighted by atomic mass is 19.4. The molecule has 7 nitrogen and oxygen atoms in total. The highest BCUT2D eigenvalue weighted by Crippen LogP contribution is 2.31. The van der Waals surface area contributed by atoms with Crippen molar-refractivity contribution in [3.63, 3.8) is 0 Å². The topological polar surface area (TPSA) is 66.4 Å². The van der Waals surface area contributed by atoms with Crippen LogP contribution in [-0.4, -0.2) is 75.3 Å². The number of likely N-dealkylation sites (N-methyl/N-ethyl adjacent to an activating group) is 1. The molecule has 1 aromatic carbocycles. The van der Waals surface area contributed by atoms with Crippen molar-refractivity contribution in [2.45, 2.75) is 12.7 Å². The number of aliphatic imine (C=N–C) groups is 1. The van der Waals surface area contributed by atoms with Gasteiger partial charge in [0.25, 0.3) is 0 Å². The molecule has 1 amide bonds. The number of rotatable bonds is 5. The highest BCUT2D eigenvalue weighted by molar-refractivity contribution is 5.86. The Labute approximate surface area is 155 Å². The zero-order valence-corrected chi connectivity index (χ0v) is 15.5. The van der Waals surface area contributed by atoms with E-state index in [9.17, 15) is 18.0 Å². The summed E-state index contributed by atoms with van der Waals surface area (Å²) in [5.41, 5.74) is 0.935. The Kier molecular flexibility index (Phi) is 6.75. The summed E-state index contributed by atoms with van der Waals surface area (Å²) in [4.78, 5) is 18.3. The van der Waals surface area contributed by atoms with E-state index in [1.54, 1.807) is 11.9 Å². The predicted molar refractivity (Wildman–Crippen MR) is 94.0 cm³/mol. The van der Waals surface area contributed by atoms with Crippen LogP contribution in [0.25, 0.3) is 0 Å². The Balaban J connectivity index is 1.90. The van der Waals surface area contributed by atoms with Crippen molar-refractivity contribution in [1.29, 1.82) is 0 Å². The van der Waals surface area contributed by atoms with Crippen LogP contribution in [0.5, 0.6) is 11.5 Å². The quantitative estimate of drug-likeness (QED) is 0.612. The summed E-state index contributed by atoms with van der Waals surface area (Å²) in [5, 5.41) is 2.78. The first-order chi connectivity index (χ1) is 12.7. The Morgan fingerprint density at radius 2 is 1.85 bits per heavy atom. The van der Waals surface area contributed by atoms with E-state index >= 15 is 0 Å². The fraction of sp³-hybridized carbons (Fsp3) is 0.529. The normalized spacial score (nSPS) is 13.9. The van der Waals surface area contributed by atoms with Gasteiger partial charge in [-0.1, -0.05) is 6.07 Å². The number of nitrogens with one attached hydrogen (secondary N) is 1. The molecule has 0 bridgehead atoms. The number of nitrogens with zero attached hydrogens (tertiary/aromatic N) is 3. The van der Waals surface area contributed by atoms with Crippen molar-refractivity contribution in [3.05, 3.63) is 23.8 Å². The second-order valence-corrected chi connectivity index (χ2v) is 6.10. The van der Waals surface area contributed by atoms with Crippen LogP contribution in [0.3, 0.4) is 0 Å². The van der Waals surface area contributed by atoms with Crippen LogP contribution in [-0.2, 0) is 11.3 Å². The monoisotopic (exact) mass is 388 g/mol. The number of guanidine groups is 1. The second-order valence-electron chi connectivity index (χ2n) is 6.10. The standard InChI is InChI=1S/C17H23F3N4O3/c1-21-16(22-9-15(25)24(3)11-17(18,19)20)23(2)10-12-4-5-13-14(8-12)27-7-6-26-13/h4-5,8H,6-7,9-11H2,1-3H3,(H,21,22). The van der Waals surface area contributed by atoms with Crippen LogP contribution in [0.1, 0.15) is 5.56 Å². The molecule has 1 N–H and O–H groups in total. The van der Waals surface area contributed by atoms with Gasteiger partial charge in [0, 0.05) is 27.7 Å². The van der Waals surface area contributed by atoms with E-state index in [1.165, 1.54) is 7.05 Å². The van der Waals surface area contributed by atoms with Gasteiger partial charge in [-0.25, -0.2) is 0 Å². The van der Waals surface area contributed by atoms with Gasteiger partial charge < -0.3 is 24.6 Å². The lowest BCUT2D eigenvalue weighted by atomic mass is 10.2. The van der Waals surface area contributed by atoms with Gasteiger partial charge in [-0.3, -0.25) is 9.79 Å². The molecule has 0 saturated heterocycles. The Hall–Kier alpha value is -2.65. The van der Waals surface area contributed by atoms with Gasteiger partial charge in [0.05, 0.1) is 6.54 Å². The van der Waals surface area contributed by atoms with E-state index in [1.807, 2.05) is 18.2 Å². The number of carbonyl (C=O) groups excluding carboxylic acids is 1. The molecule has 10 heteroatoms. The van der Waals surface area contributed by atoms with E-state index in [2.05, 4.69) is 10.3 Å². The Morgan fingerprint density at radius 3 is 2.48 bits per heavy atom. The number of benzene rings is 1. The van der Waals surface area contributed by atoms with Gasteiger partial charge >= 0.3 is 6.18 Å². The highest BCUT2D eigenvalue weighted by Gasteiger charge is 2.31. The number of amides is 1. The van der Waals surface area contributed by atoms with Gasteiger partial charge in [-0.15, -0.1) is 0 Å². The van der Waals surface area contributed by atoms with E-state index in [4.69, 9.17) is 9.47 Å². The van der Waals surface area contributed by atoms with E-state index in [0.717, 1.165) is 12.6 Å². The van der Waals surface area contributed by atoms with Crippen molar-refractivity contribution in [1.82, 2.24) is 15.1 Å². The molecule has 2 rings (SSSR count). The summed E-state index contributed by atoms with van der Waals surface area (Å²) in [6.07, 6.45) is -4.43. The van der Waals surface area contributed by atoms with Crippen LogP contribution < -0.4 is 14.8 Å². The molecule has 27 heavy (non-hydrogen) atoms. The third kappa shape index (κ3) is 6.22. The van der Waals surface area contributed by atoms with Crippen LogP contribution in [0.4, 0.5) is 13.2 Å². The van der Waals surface area contributed by atoms with Crippen molar-refractivity contribution in [2.24, 2.45) is 4.99 Å². The largest absolute Gasteiger partial charge is 0.486 e. The molecule has 0 radical (unpaired) electrons. The SMILES string of the molecule is CN=C(NCC(=O)N(C)CC(F)(F)F)N(C)Cc1ccc2c(c1)OCCO2. The van der Waals surface area contributed by atoms with Crippen LogP contribution in [0.15, 0.2) is 23.2 Å². The molecule has 0 unspecified atom stereocenters. The van der Waals surface area contributed by atoms with Gasteiger partial charge in [0.2, 0.25) is 5.91 Å². The number of carbonyl (C=O) groups is 1. The summed E-state index contributed by atoms with van der Waals surface area (Å²) >= 11 is 0. The maximum absolute atomic E-state index is 12.4. The maximum Gasteiger partial charge on any atom is 0.406 e.